The maximum Gasteiger partial charge on any atom is 0.341 e. The molecule has 0 unspecified atom stereocenters. The van der Waals surface area contributed by atoms with E-state index >= 15 is 0 Å². The zero-order valence-corrected chi connectivity index (χ0v) is 11.1. The Bertz CT molecular complexity index is 819. The Labute approximate surface area is 119 Å². The van der Waals surface area contributed by atoms with E-state index in [2.05, 4.69) is 0 Å². The van der Waals surface area contributed by atoms with Crippen LogP contribution in [0.25, 0.3) is 0 Å². The molecule has 0 fully saturated rings. The molecule has 0 spiro atoms. The van der Waals surface area contributed by atoms with E-state index in [-0.39, 0.29) is 23.2 Å². The summed E-state index contributed by atoms with van der Waals surface area (Å²) in [5, 5.41) is 17.8. The lowest BCUT2D eigenvalue weighted by Gasteiger charge is -2.12. The van der Waals surface area contributed by atoms with Gasteiger partial charge in [-0.2, -0.15) is 5.26 Å². The number of halogens is 1. The first-order valence-electron chi connectivity index (χ1n) is 6.06. The Morgan fingerprint density at radius 1 is 1.48 bits per heavy atom. The van der Waals surface area contributed by atoms with Crippen molar-refractivity contribution < 1.29 is 14.3 Å². The molecule has 0 aliphatic heterocycles. The van der Waals surface area contributed by atoms with Crippen LogP contribution in [0.5, 0.6) is 0 Å². The van der Waals surface area contributed by atoms with Gasteiger partial charge in [-0.3, -0.25) is 4.79 Å². The minimum atomic E-state index is -1.33. The molecule has 21 heavy (non-hydrogen) atoms. The van der Waals surface area contributed by atoms with Gasteiger partial charge in [0, 0.05) is 23.5 Å². The predicted octanol–water partition coefficient (Wildman–Crippen LogP) is 1.91. The van der Waals surface area contributed by atoms with Crippen molar-refractivity contribution in [3.63, 3.8) is 0 Å². The van der Waals surface area contributed by atoms with Crippen molar-refractivity contribution in [2.24, 2.45) is 0 Å². The first-order valence-corrected chi connectivity index (χ1v) is 6.06. The van der Waals surface area contributed by atoms with E-state index in [9.17, 15) is 14.0 Å². The highest BCUT2D eigenvalue weighted by atomic mass is 19.1. The SMILES string of the molecule is Cc1cc(=O)c(C(=O)O)cn1Cc1cccc(C#N)c1F. The summed E-state index contributed by atoms with van der Waals surface area (Å²) < 4.78 is 15.5. The molecule has 5 nitrogen and oxygen atoms in total. The standard InChI is InChI=1S/C15H11FN2O3/c1-9-5-13(19)12(15(20)21)8-18(9)7-11-4-2-3-10(6-17)14(11)16/h2-5,8H,7H2,1H3,(H,20,21). The number of aromatic nitrogens is 1. The molecule has 1 aromatic carbocycles. The van der Waals surface area contributed by atoms with Crippen LogP contribution in [0.3, 0.4) is 0 Å². The number of nitrogens with zero attached hydrogens (tertiary/aromatic N) is 2. The van der Waals surface area contributed by atoms with Crippen molar-refractivity contribution in [1.82, 2.24) is 4.57 Å². The average molecular weight is 286 g/mol. The molecule has 2 aromatic rings. The van der Waals surface area contributed by atoms with Crippen LogP contribution in [-0.2, 0) is 6.54 Å². The Morgan fingerprint density at radius 2 is 2.19 bits per heavy atom. The molecular formula is C15H11FN2O3. The second-order valence-electron chi connectivity index (χ2n) is 4.52. The largest absolute Gasteiger partial charge is 0.477 e. The second-order valence-corrected chi connectivity index (χ2v) is 4.52. The normalized spacial score (nSPS) is 10.1. The Kier molecular flexibility index (Phi) is 3.85. The van der Waals surface area contributed by atoms with Crippen LogP contribution >= 0.6 is 0 Å². The molecule has 1 heterocycles. The van der Waals surface area contributed by atoms with E-state index in [1.165, 1.54) is 29.0 Å². The van der Waals surface area contributed by atoms with E-state index in [0.717, 1.165) is 0 Å². The lowest BCUT2D eigenvalue weighted by atomic mass is 10.1. The van der Waals surface area contributed by atoms with E-state index < -0.39 is 17.2 Å². The third-order valence-corrected chi connectivity index (χ3v) is 3.11. The van der Waals surface area contributed by atoms with Crippen LogP contribution in [0.1, 0.15) is 27.2 Å². The number of aryl methyl sites for hydroxylation is 1. The van der Waals surface area contributed by atoms with Crippen molar-refractivity contribution in [2.75, 3.05) is 0 Å². The molecule has 1 aromatic heterocycles. The average Bonchev–Trinajstić information content (AvgIpc) is 2.43. The van der Waals surface area contributed by atoms with Gasteiger partial charge in [0.15, 0.2) is 5.43 Å². The van der Waals surface area contributed by atoms with Gasteiger partial charge in [0.2, 0.25) is 0 Å². The third-order valence-electron chi connectivity index (χ3n) is 3.11. The summed E-state index contributed by atoms with van der Waals surface area (Å²) in [6, 6.07) is 7.35. The zero-order valence-electron chi connectivity index (χ0n) is 11.1. The summed E-state index contributed by atoms with van der Waals surface area (Å²) in [4.78, 5) is 22.5. The topological polar surface area (TPSA) is 83.1 Å². The monoisotopic (exact) mass is 286 g/mol. The van der Waals surface area contributed by atoms with Gasteiger partial charge in [0.25, 0.3) is 0 Å². The molecule has 0 amide bonds. The first kappa shape index (κ1) is 14.5. The molecule has 0 aliphatic carbocycles. The highest BCUT2D eigenvalue weighted by Gasteiger charge is 2.13. The molecule has 0 atom stereocenters. The number of pyridine rings is 1. The fourth-order valence-electron chi connectivity index (χ4n) is 1.97. The Hall–Kier alpha value is -2.94. The van der Waals surface area contributed by atoms with Crippen LogP contribution in [-0.4, -0.2) is 15.6 Å². The van der Waals surface area contributed by atoms with Crippen LogP contribution in [0.4, 0.5) is 4.39 Å². The Balaban J connectivity index is 2.50. The lowest BCUT2D eigenvalue weighted by molar-refractivity contribution is 0.0694. The predicted molar refractivity (Wildman–Crippen MR) is 72.6 cm³/mol. The van der Waals surface area contributed by atoms with E-state index in [1.807, 2.05) is 0 Å². The number of carboxylic acids is 1. The fourth-order valence-corrected chi connectivity index (χ4v) is 1.97. The van der Waals surface area contributed by atoms with Crippen LogP contribution in [0, 0.1) is 24.1 Å². The number of carbonyl (C=O) groups is 1. The maximum atomic E-state index is 14.0. The van der Waals surface area contributed by atoms with E-state index in [4.69, 9.17) is 10.4 Å². The summed E-state index contributed by atoms with van der Waals surface area (Å²) in [6.45, 7) is 1.66. The molecular weight excluding hydrogens is 275 g/mol. The molecule has 0 saturated carbocycles. The smallest absolute Gasteiger partial charge is 0.341 e. The van der Waals surface area contributed by atoms with Crippen molar-refractivity contribution in [2.45, 2.75) is 13.5 Å². The van der Waals surface area contributed by atoms with Crippen molar-refractivity contribution in [3.8, 4) is 6.07 Å². The van der Waals surface area contributed by atoms with Crippen molar-refractivity contribution in [1.29, 1.82) is 5.26 Å². The number of hydrogen-bond donors (Lipinski definition) is 1. The fraction of sp³-hybridized carbons (Fsp3) is 0.133. The number of carboxylic acid groups (broad SMARTS) is 1. The van der Waals surface area contributed by atoms with Gasteiger partial charge < -0.3 is 9.67 Å². The minimum Gasteiger partial charge on any atom is -0.477 e. The van der Waals surface area contributed by atoms with Gasteiger partial charge >= 0.3 is 5.97 Å². The maximum absolute atomic E-state index is 14.0. The molecule has 0 saturated heterocycles. The van der Waals surface area contributed by atoms with Crippen molar-refractivity contribution in [3.05, 3.63) is 68.9 Å². The number of rotatable bonds is 3. The third kappa shape index (κ3) is 2.82. The van der Waals surface area contributed by atoms with Gasteiger partial charge in [-0.05, 0) is 13.0 Å². The minimum absolute atomic E-state index is 0.0355. The highest BCUT2D eigenvalue weighted by molar-refractivity contribution is 5.87. The van der Waals surface area contributed by atoms with Crippen LogP contribution in [0.2, 0.25) is 0 Å². The molecule has 2 rings (SSSR count). The van der Waals surface area contributed by atoms with Gasteiger partial charge in [-0.25, -0.2) is 9.18 Å². The highest BCUT2D eigenvalue weighted by Crippen LogP contribution is 2.14. The molecule has 0 aliphatic rings. The molecule has 1 N–H and O–H groups in total. The second kappa shape index (κ2) is 5.59. The van der Waals surface area contributed by atoms with Crippen molar-refractivity contribution >= 4 is 5.97 Å². The summed E-state index contributed by atoms with van der Waals surface area (Å²) in [6.07, 6.45) is 1.18. The number of hydrogen-bond acceptors (Lipinski definition) is 3. The van der Waals surface area contributed by atoms with E-state index in [1.54, 1.807) is 19.1 Å². The molecule has 6 heteroatoms. The zero-order chi connectivity index (χ0) is 15.6. The van der Waals surface area contributed by atoms with Crippen LogP contribution in [0.15, 0.2) is 35.3 Å². The van der Waals surface area contributed by atoms with Gasteiger partial charge in [-0.1, -0.05) is 12.1 Å². The first-order chi connectivity index (χ1) is 9.93. The lowest BCUT2D eigenvalue weighted by Crippen LogP contribution is -2.19. The van der Waals surface area contributed by atoms with Gasteiger partial charge in [-0.15, -0.1) is 0 Å². The van der Waals surface area contributed by atoms with Gasteiger partial charge in [0.05, 0.1) is 12.1 Å². The molecule has 106 valence electrons. The quantitative estimate of drug-likeness (QED) is 0.934. The summed E-state index contributed by atoms with van der Waals surface area (Å²) in [7, 11) is 0. The number of nitriles is 1. The van der Waals surface area contributed by atoms with Gasteiger partial charge in [0.1, 0.15) is 17.4 Å². The summed E-state index contributed by atoms with van der Waals surface area (Å²) in [5.41, 5.74) is -0.298. The molecule has 0 bridgehead atoms. The number of aromatic carboxylic acids is 1. The van der Waals surface area contributed by atoms with Crippen LogP contribution < -0.4 is 5.43 Å². The molecule has 0 radical (unpaired) electrons. The summed E-state index contributed by atoms with van der Waals surface area (Å²) in [5.74, 6) is -1.98. The van der Waals surface area contributed by atoms with E-state index in [0.29, 0.717) is 5.69 Å². The summed E-state index contributed by atoms with van der Waals surface area (Å²) >= 11 is 0. The number of benzene rings is 1. The Morgan fingerprint density at radius 3 is 2.81 bits per heavy atom.